The summed E-state index contributed by atoms with van der Waals surface area (Å²) in [5.41, 5.74) is 2.69. The molecule has 2 rings (SSSR count). The zero-order valence-electron chi connectivity index (χ0n) is 12.5. The minimum Gasteiger partial charge on any atom is -0.309 e. The summed E-state index contributed by atoms with van der Waals surface area (Å²) in [6.07, 6.45) is 0.980. The van der Waals surface area contributed by atoms with Crippen molar-refractivity contribution >= 4 is 15.9 Å². The van der Waals surface area contributed by atoms with E-state index in [4.69, 9.17) is 0 Å². The molecule has 0 atom stereocenters. The first kappa shape index (κ1) is 15.0. The standard InChI is InChI=1S/C14H25BrN4/c1-5-11-13(15)12(19(6-2)17-11)9-18-8-7-16-14(3,4)10-18/h16H,5-10H2,1-4H3. The van der Waals surface area contributed by atoms with E-state index in [-0.39, 0.29) is 5.54 Å². The van der Waals surface area contributed by atoms with Gasteiger partial charge in [0.15, 0.2) is 0 Å². The third-order valence-electron chi connectivity index (χ3n) is 3.72. The molecule has 108 valence electrons. The Morgan fingerprint density at radius 2 is 2.11 bits per heavy atom. The van der Waals surface area contributed by atoms with Crippen LogP contribution in [0, 0.1) is 0 Å². The highest BCUT2D eigenvalue weighted by molar-refractivity contribution is 9.10. The van der Waals surface area contributed by atoms with Crippen molar-refractivity contribution in [1.29, 1.82) is 0 Å². The summed E-state index contributed by atoms with van der Waals surface area (Å²) < 4.78 is 3.34. The van der Waals surface area contributed by atoms with Crippen molar-refractivity contribution in [2.75, 3.05) is 19.6 Å². The van der Waals surface area contributed by atoms with E-state index < -0.39 is 0 Å². The van der Waals surface area contributed by atoms with Crippen molar-refractivity contribution < 1.29 is 0 Å². The van der Waals surface area contributed by atoms with Gasteiger partial charge in [0.2, 0.25) is 0 Å². The molecule has 0 saturated carbocycles. The number of piperazine rings is 1. The Morgan fingerprint density at radius 3 is 2.68 bits per heavy atom. The molecule has 0 radical (unpaired) electrons. The Bertz CT molecular complexity index is 439. The quantitative estimate of drug-likeness (QED) is 0.921. The van der Waals surface area contributed by atoms with Crippen LogP contribution in [0.15, 0.2) is 4.47 Å². The summed E-state index contributed by atoms with van der Waals surface area (Å²) >= 11 is 3.73. The van der Waals surface area contributed by atoms with E-state index >= 15 is 0 Å². The molecule has 0 spiro atoms. The Balaban J connectivity index is 2.16. The third kappa shape index (κ3) is 3.38. The van der Waals surface area contributed by atoms with Crippen molar-refractivity contribution in [3.63, 3.8) is 0 Å². The van der Waals surface area contributed by atoms with Crippen LogP contribution in [0.4, 0.5) is 0 Å². The number of nitrogens with one attached hydrogen (secondary N) is 1. The van der Waals surface area contributed by atoms with Gasteiger partial charge in [0.25, 0.3) is 0 Å². The topological polar surface area (TPSA) is 33.1 Å². The molecule has 4 nitrogen and oxygen atoms in total. The van der Waals surface area contributed by atoms with E-state index in [1.54, 1.807) is 0 Å². The fourth-order valence-electron chi connectivity index (χ4n) is 2.76. The molecule has 1 N–H and O–H groups in total. The summed E-state index contributed by atoms with van der Waals surface area (Å²) in [6, 6.07) is 0. The molecule has 0 unspecified atom stereocenters. The molecule has 5 heteroatoms. The van der Waals surface area contributed by atoms with Crippen LogP contribution >= 0.6 is 15.9 Å². The van der Waals surface area contributed by atoms with Crippen LogP contribution in [0.25, 0.3) is 0 Å². The number of aromatic nitrogens is 2. The van der Waals surface area contributed by atoms with Gasteiger partial charge in [-0.15, -0.1) is 0 Å². The van der Waals surface area contributed by atoms with Gasteiger partial charge in [-0.05, 0) is 43.1 Å². The molecule has 0 amide bonds. The van der Waals surface area contributed by atoms with Crippen LogP contribution < -0.4 is 5.32 Å². The summed E-state index contributed by atoms with van der Waals surface area (Å²) in [5, 5.41) is 8.23. The Hall–Kier alpha value is -0.390. The average Bonchev–Trinajstić information content (AvgIpc) is 2.65. The third-order valence-corrected chi connectivity index (χ3v) is 4.63. The lowest BCUT2D eigenvalue weighted by atomic mass is 10.0. The smallest absolute Gasteiger partial charge is 0.0767 e. The van der Waals surface area contributed by atoms with Crippen LogP contribution in [0.1, 0.15) is 39.1 Å². The molecule has 1 aliphatic heterocycles. The molecule has 0 aromatic carbocycles. The zero-order chi connectivity index (χ0) is 14.0. The first-order valence-electron chi connectivity index (χ1n) is 7.18. The number of hydrogen-bond donors (Lipinski definition) is 1. The van der Waals surface area contributed by atoms with Crippen LogP contribution in [0.3, 0.4) is 0 Å². The van der Waals surface area contributed by atoms with Crippen molar-refractivity contribution in [2.45, 2.75) is 52.7 Å². The highest BCUT2D eigenvalue weighted by Crippen LogP contribution is 2.24. The molecular weight excluding hydrogens is 304 g/mol. The van der Waals surface area contributed by atoms with Gasteiger partial charge in [0, 0.05) is 38.3 Å². The van der Waals surface area contributed by atoms with Crippen molar-refractivity contribution in [3.05, 3.63) is 15.9 Å². The zero-order valence-corrected chi connectivity index (χ0v) is 14.0. The summed E-state index contributed by atoms with van der Waals surface area (Å²) in [7, 11) is 0. The molecule has 1 aromatic heterocycles. The lowest BCUT2D eigenvalue weighted by Gasteiger charge is -2.39. The van der Waals surface area contributed by atoms with E-state index in [0.717, 1.165) is 39.1 Å². The predicted octanol–water partition coefficient (Wildman–Crippen LogP) is 2.41. The summed E-state index contributed by atoms with van der Waals surface area (Å²) in [6.45, 7) is 14.0. The van der Waals surface area contributed by atoms with Gasteiger partial charge in [0.1, 0.15) is 0 Å². The molecule has 1 fully saturated rings. The minimum atomic E-state index is 0.204. The highest BCUT2D eigenvalue weighted by atomic mass is 79.9. The second-order valence-electron chi connectivity index (χ2n) is 5.90. The minimum absolute atomic E-state index is 0.204. The molecule has 19 heavy (non-hydrogen) atoms. The molecule has 1 aromatic rings. The van der Waals surface area contributed by atoms with Gasteiger partial charge in [-0.25, -0.2) is 0 Å². The first-order chi connectivity index (χ1) is 8.96. The summed E-state index contributed by atoms with van der Waals surface area (Å²) in [5.74, 6) is 0. The number of aryl methyl sites for hydroxylation is 2. The number of halogens is 1. The van der Waals surface area contributed by atoms with E-state index in [9.17, 15) is 0 Å². The molecule has 0 aliphatic carbocycles. The molecule has 1 saturated heterocycles. The molecule has 1 aliphatic rings. The van der Waals surface area contributed by atoms with E-state index in [0.29, 0.717) is 0 Å². The van der Waals surface area contributed by atoms with Gasteiger partial charge in [0.05, 0.1) is 15.9 Å². The fraction of sp³-hybridized carbons (Fsp3) is 0.786. The van der Waals surface area contributed by atoms with E-state index in [1.165, 1.54) is 15.9 Å². The Labute approximate surface area is 124 Å². The average molecular weight is 329 g/mol. The molecule has 2 heterocycles. The summed E-state index contributed by atoms with van der Waals surface area (Å²) in [4.78, 5) is 2.52. The Morgan fingerprint density at radius 1 is 1.37 bits per heavy atom. The fourth-order valence-corrected chi connectivity index (χ4v) is 3.45. The maximum Gasteiger partial charge on any atom is 0.0767 e. The van der Waals surface area contributed by atoms with E-state index in [2.05, 4.69) is 63.6 Å². The van der Waals surface area contributed by atoms with E-state index in [1.807, 2.05) is 0 Å². The van der Waals surface area contributed by atoms with Gasteiger partial charge >= 0.3 is 0 Å². The van der Waals surface area contributed by atoms with Crippen molar-refractivity contribution in [3.8, 4) is 0 Å². The first-order valence-corrected chi connectivity index (χ1v) is 7.97. The number of hydrogen-bond acceptors (Lipinski definition) is 3. The Kier molecular flexibility index (Phi) is 4.69. The van der Waals surface area contributed by atoms with Gasteiger partial charge < -0.3 is 5.32 Å². The lowest BCUT2D eigenvalue weighted by Crippen LogP contribution is -2.56. The second kappa shape index (κ2) is 5.94. The monoisotopic (exact) mass is 328 g/mol. The lowest BCUT2D eigenvalue weighted by molar-refractivity contribution is 0.145. The van der Waals surface area contributed by atoms with Crippen LogP contribution in [-0.4, -0.2) is 39.9 Å². The molecular formula is C14H25BrN4. The van der Waals surface area contributed by atoms with Gasteiger partial charge in [-0.3, -0.25) is 9.58 Å². The predicted molar refractivity (Wildman–Crippen MR) is 82.3 cm³/mol. The van der Waals surface area contributed by atoms with Gasteiger partial charge in [-0.2, -0.15) is 5.10 Å². The number of rotatable bonds is 4. The maximum atomic E-state index is 4.68. The SMILES string of the molecule is CCc1nn(CC)c(CN2CCNC(C)(C)C2)c1Br. The largest absolute Gasteiger partial charge is 0.309 e. The second-order valence-corrected chi connectivity index (χ2v) is 6.69. The van der Waals surface area contributed by atoms with Crippen LogP contribution in [0.5, 0.6) is 0 Å². The van der Waals surface area contributed by atoms with Crippen LogP contribution in [0.2, 0.25) is 0 Å². The van der Waals surface area contributed by atoms with Crippen molar-refractivity contribution in [1.82, 2.24) is 20.0 Å². The van der Waals surface area contributed by atoms with Crippen LogP contribution in [-0.2, 0) is 19.5 Å². The maximum absolute atomic E-state index is 4.68. The normalized spacial score (nSPS) is 19.8. The number of nitrogens with zero attached hydrogens (tertiary/aromatic N) is 3. The molecule has 0 bridgehead atoms. The highest BCUT2D eigenvalue weighted by Gasteiger charge is 2.27. The van der Waals surface area contributed by atoms with Crippen molar-refractivity contribution in [2.24, 2.45) is 0 Å². The van der Waals surface area contributed by atoms with Gasteiger partial charge in [-0.1, -0.05) is 6.92 Å².